The van der Waals surface area contributed by atoms with Crippen molar-refractivity contribution < 1.29 is 0 Å². The van der Waals surface area contributed by atoms with E-state index in [0.29, 0.717) is 0 Å². The molecule has 0 spiro atoms. The van der Waals surface area contributed by atoms with Crippen LogP contribution in [0.2, 0.25) is 0 Å². The van der Waals surface area contributed by atoms with Crippen LogP contribution in [0.15, 0.2) is 65.4 Å². The fourth-order valence-corrected chi connectivity index (χ4v) is 8.62. The topological polar surface area (TPSA) is 0 Å². The van der Waals surface area contributed by atoms with Crippen LogP contribution >= 0.6 is 30.2 Å². The molecular formula is C18H11PS2. The quantitative estimate of drug-likeness (QED) is 0.305. The van der Waals surface area contributed by atoms with E-state index in [1.165, 1.54) is 25.5 Å². The third-order valence-corrected chi connectivity index (χ3v) is 8.86. The zero-order valence-corrected chi connectivity index (χ0v) is 13.6. The summed E-state index contributed by atoms with van der Waals surface area (Å²) in [6.07, 6.45) is 0. The van der Waals surface area contributed by atoms with E-state index in [1.54, 1.807) is 10.2 Å². The molecule has 0 fully saturated rings. The highest BCUT2D eigenvalue weighted by atomic mass is 32.1. The molecule has 0 radical (unpaired) electrons. The van der Waals surface area contributed by atoms with Crippen molar-refractivity contribution in [2.24, 2.45) is 0 Å². The van der Waals surface area contributed by atoms with Gasteiger partial charge in [0.05, 0.1) is 9.40 Å². The van der Waals surface area contributed by atoms with Crippen molar-refractivity contribution in [3.63, 3.8) is 0 Å². The summed E-state index contributed by atoms with van der Waals surface area (Å²) in [5.74, 6) is 0. The number of hydrogen-bond donors (Lipinski definition) is 0. The highest BCUT2D eigenvalue weighted by Gasteiger charge is 2.16. The predicted molar refractivity (Wildman–Crippen MR) is 98.8 cm³/mol. The van der Waals surface area contributed by atoms with Crippen LogP contribution in [0.5, 0.6) is 0 Å². The van der Waals surface area contributed by atoms with Crippen LogP contribution in [0, 0.1) is 0 Å². The molecule has 0 N–H and O–H groups in total. The molecule has 0 saturated heterocycles. The van der Waals surface area contributed by atoms with E-state index in [-0.39, 0.29) is 7.53 Å². The van der Waals surface area contributed by atoms with Crippen LogP contribution in [0.4, 0.5) is 0 Å². The summed E-state index contributed by atoms with van der Waals surface area (Å²) in [6, 6.07) is 20.2. The second-order valence-corrected chi connectivity index (χ2v) is 9.05. The maximum atomic E-state index is 2.33. The Morgan fingerprint density at radius 1 is 0.667 bits per heavy atom. The first kappa shape index (κ1) is 12.0. The normalized spacial score (nSPS) is 11.8. The molecule has 0 unspecified atom stereocenters. The zero-order valence-electron chi connectivity index (χ0n) is 11.1. The molecule has 0 bridgehead atoms. The SMILES string of the molecule is c1ccc2c(-p3c4ccsc4c4sccc43)cccc2c1. The molecule has 3 aromatic heterocycles. The first-order valence-electron chi connectivity index (χ1n) is 6.87. The van der Waals surface area contributed by atoms with E-state index in [4.69, 9.17) is 0 Å². The summed E-state index contributed by atoms with van der Waals surface area (Å²) in [4.78, 5) is 0. The molecule has 0 aliphatic rings. The van der Waals surface area contributed by atoms with Gasteiger partial charge in [0.1, 0.15) is 0 Å². The molecule has 0 aliphatic heterocycles. The molecule has 0 aliphatic carbocycles. The van der Waals surface area contributed by atoms with Gasteiger partial charge in [0, 0.05) is 15.5 Å². The molecule has 0 amide bonds. The average molecular weight is 322 g/mol. The van der Waals surface area contributed by atoms with Gasteiger partial charge in [-0.3, -0.25) is 0 Å². The highest BCUT2D eigenvalue weighted by Crippen LogP contribution is 2.59. The Kier molecular flexibility index (Phi) is 2.54. The van der Waals surface area contributed by atoms with E-state index >= 15 is 0 Å². The summed E-state index contributed by atoms with van der Waals surface area (Å²) < 4.78 is 3.00. The van der Waals surface area contributed by atoms with Crippen LogP contribution in [0.1, 0.15) is 0 Å². The maximum Gasteiger partial charge on any atom is 0.0567 e. The van der Waals surface area contributed by atoms with E-state index in [2.05, 4.69) is 65.4 Å². The molecular weight excluding hydrogens is 311 g/mol. The van der Waals surface area contributed by atoms with Gasteiger partial charge in [0.15, 0.2) is 0 Å². The van der Waals surface area contributed by atoms with Gasteiger partial charge >= 0.3 is 0 Å². The van der Waals surface area contributed by atoms with Gasteiger partial charge in [-0.2, -0.15) is 0 Å². The van der Waals surface area contributed by atoms with E-state index < -0.39 is 0 Å². The lowest BCUT2D eigenvalue weighted by molar-refractivity contribution is 1.78. The van der Waals surface area contributed by atoms with Crippen molar-refractivity contribution in [2.45, 2.75) is 0 Å². The van der Waals surface area contributed by atoms with Gasteiger partial charge in [-0.15, -0.1) is 22.7 Å². The molecule has 5 rings (SSSR count). The Balaban J connectivity index is 2.02. The van der Waals surface area contributed by atoms with Crippen LogP contribution in [0.3, 0.4) is 0 Å². The summed E-state index contributed by atoms with van der Waals surface area (Å²) in [5.41, 5.74) is 0. The van der Waals surface area contributed by atoms with Crippen LogP contribution in [-0.2, 0) is 0 Å². The van der Waals surface area contributed by atoms with Crippen molar-refractivity contribution in [2.75, 3.05) is 0 Å². The first-order valence-corrected chi connectivity index (χ1v) is 9.97. The molecule has 21 heavy (non-hydrogen) atoms. The van der Waals surface area contributed by atoms with Crippen LogP contribution < -0.4 is 0 Å². The fourth-order valence-electron chi connectivity index (χ4n) is 3.09. The van der Waals surface area contributed by atoms with Crippen molar-refractivity contribution in [3.8, 4) is 5.30 Å². The van der Waals surface area contributed by atoms with Crippen LogP contribution in [-0.4, -0.2) is 0 Å². The van der Waals surface area contributed by atoms with Crippen molar-refractivity contribution in [3.05, 3.63) is 65.4 Å². The van der Waals surface area contributed by atoms with Gasteiger partial charge in [-0.05, 0) is 39.7 Å². The first-order chi connectivity index (χ1) is 10.4. The lowest BCUT2D eigenvalue weighted by Crippen LogP contribution is -1.73. The molecule has 2 aromatic carbocycles. The number of rotatable bonds is 1. The minimum absolute atomic E-state index is 0.377. The molecule has 100 valence electrons. The van der Waals surface area contributed by atoms with Crippen molar-refractivity contribution >= 4 is 60.6 Å². The molecule has 0 atom stereocenters. The third-order valence-electron chi connectivity index (χ3n) is 3.98. The van der Waals surface area contributed by atoms with Crippen molar-refractivity contribution in [1.82, 2.24) is 0 Å². The van der Waals surface area contributed by atoms with Gasteiger partial charge in [-0.1, -0.05) is 43.9 Å². The molecule has 3 heterocycles. The van der Waals surface area contributed by atoms with E-state index in [1.807, 2.05) is 22.7 Å². The summed E-state index contributed by atoms with van der Waals surface area (Å²) in [5, 5.41) is 11.8. The Labute approximate surface area is 131 Å². The predicted octanol–water partition coefficient (Wildman–Crippen LogP) is 7.25. The lowest BCUT2D eigenvalue weighted by Gasteiger charge is -2.07. The molecule has 0 nitrogen and oxygen atoms in total. The van der Waals surface area contributed by atoms with E-state index in [9.17, 15) is 0 Å². The second kappa shape index (κ2) is 4.45. The monoisotopic (exact) mass is 322 g/mol. The zero-order chi connectivity index (χ0) is 13.8. The minimum Gasteiger partial charge on any atom is -0.142 e. The Morgan fingerprint density at radius 3 is 2.10 bits per heavy atom. The number of fused-ring (bicyclic) bond motifs is 4. The summed E-state index contributed by atoms with van der Waals surface area (Å²) >= 11 is 3.78. The highest BCUT2D eigenvalue weighted by molar-refractivity contribution is 7.70. The average Bonchev–Trinajstić information content (AvgIpc) is 3.20. The summed E-state index contributed by atoms with van der Waals surface area (Å²) in [6.45, 7) is 0. The molecule has 3 heteroatoms. The van der Waals surface area contributed by atoms with Crippen molar-refractivity contribution in [1.29, 1.82) is 0 Å². The fraction of sp³-hybridized carbons (Fsp3) is 0. The molecule has 5 aromatic rings. The van der Waals surface area contributed by atoms with Gasteiger partial charge in [0.2, 0.25) is 0 Å². The lowest BCUT2D eigenvalue weighted by atomic mass is 10.1. The number of thiophene rings is 2. The number of hydrogen-bond acceptors (Lipinski definition) is 2. The van der Waals surface area contributed by atoms with Gasteiger partial charge in [0.25, 0.3) is 0 Å². The minimum atomic E-state index is -0.377. The van der Waals surface area contributed by atoms with Gasteiger partial charge in [-0.25, -0.2) is 0 Å². The standard InChI is InChI=1S/C18H11PS2/c1-2-6-13-12(4-1)5-3-7-14(13)19-15-8-10-20-17(15)18-16(19)9-11-21-18/h1-11H. The third kappa shape index (κ3) is 1.61. The Morgan fingerprint density at radius 2 is 1.33 bits per heavy atom. The summed E-state index contributed by atoms with van der Waals surface area (Å²) in [7, 11) is -0.377. The second-order valence-electron chi connectivity index (χ2n) is 5.10. The Hall–Kier alpha value is -1.60. The van der Waals surface area contributed by atoms with Gasteiger partial charge < -0.3 is 0 Å². The van der Waals surface area contributed by atoms with E-state index in [0.717, 1.165) is 0 Å². The molecule has 0 saturated carbocycles. The van der Waals surface area contributed by atoms with Crippen LogP contribution in [0.25, 0.3) is 35.7 Å². The maximum absolute atomic E-state index is 2.33. The smallest absolute Gasteiger partial charge is 0.0567 e. The number of benzene rings is 2. The Bertz CT molecular complexity index is 1040. The largest absolute Gasteiger partial charge is 0.142 e.